The first-order valence-corrected chi connectivity index (χ1v) is 14.7. The molecular weight excluding hydrogens is 578 g/mol. The molecule has 0 aromatic heterocycles. The highest BCUT2D eigenvalue weighted by molar-refractivity contribution is 5.94. The van der Waals surface area contributed by atoms with E-state index < -0.39 is 47.9 Å². The number of phenolic OH excluding ortho intramolecular Hbond substituents is 2. The Morgan fingerprint density at radius 1 is 0.600 bits per heavy atom. The highest BCUT2D eigenvalue weighted by Crippen LogP contribution is 2.14. The number of carbonyl (C=O) groups is 4. The smallest absolute Gasteiger partial charge is 0.326 e. The lowest BCUT2D eigenvalue weighted by Crippen LogP contribution is -2.58. The zero-order valence-corrected chi connectivity index (χ0v) is 24.9. The molecule has 0 heterocycles. The van der Waals surface area contributed by atoms with Gasteiger partial charge in [-0.15, -0.1) is 0 Å². The van der Waals surface area contributed by atoms with E-state index in [1.165, 1.54) is 24.3 Å². The van der Waals surface area contributed by atoms with Crippen molar-refractivity contribution in [1.82, 2.24) is 16.0 Å². The molecule has 3 rings (SSSR count). The predicted octanol–water partition coefficient (Wildman–Crippen LogP) is 1.12. The van der Waals surface area contributed by atoms with Gasteiger partial charge in [0.25, 0.3) is 0 Å². The average molecular weight is 620 g/mol. The molecule has 12 nitrogen and oxygen atoms in total. The van der Waals surface area contributed by atoms with Gasteiger partial charge in [0.15, 0.2) is 0 Å². The quantitative estimate of drug-likeness (QED) is 0.101. The van der Waals surface area contributed by atoms with E-state index in [9.17, 15) is 34.5 Å². The van der Waals surface area contributed by atoms with Crippen LogP contribution in [0.2, 0.25) is 0 Å². The summed E-state index contributed by atoms with van der Waals surface area (Å²) in [6, 6.07) is 16.4. The second kappa shape index (κ2) is 17.4. The molecule has 0 saturated carbocycles. The van der Waals surface area contributed by atoms with E-state index in [1.54, 1.807) is 48.5 Å². The number of aromatic hydroxyl groups is 2. The van der Waals surface area contributed by atoms with Gasteiger partial charge in [-0.05, 0) is 60.3 Å². The zero-order valence-electron chi connectivity index (χ0n) is 24.9. The van der Waals surface area contributed by atoms with E-state index in [0.717, 1.165) is 5.56 Å². The van der Waals surface area contributed by atoms with Crippen LogP contribution in [0.5, 0.6) is 11.5 Å². The summed E-state index contributed by atoms with van der Waals surface area (Å²) in [4.78, 5) is 52.4. The number of amides is 3. The normalized spacial score (nSPS) is 13.6. The van der Waals surface area contributed by atoms with Crippen molar-refractivity contribution < 1.29 is 34.5 Å². The molecule has 45 heavy (non-hydrogen) atoms. The van der Waals surface area contributed by atoms with Gasteiger partial charge in [0.2, 0.25) is 17.7 Å². The fourth-order valence-corrected chi connectivity index (χ4v) is 4.67. The van der Waals surface area contributed by atoms with E-state index in [1.807, 2.05) is 6.07 Å². The Morgan fingerprint density at radius 3 is 1.49 bits per heavy atom. The first-order valence-electron chi connectivity index (χ1n) is 14.7. The highest BCUT2D eigenvalue weighted by Gasteiger charge is 2.31. The number of phenols is 2. The number of aliphatic carboxylic acids is 1. The summed E-state index contributed by atoms with van der Waals surface area (Å²) in [6.07, 6.45) is 1.73. The van der Waals surface area contributed by atoms with Gasteiger partial charge in [-0.2, -0.15) is 0 Å². The first kappa shape index (κ1) is 34.5. The van der Waals surface area contributed by atoms with Crippen LogP contribution in [-0.4, -0.2) is 69.7 Å². The third kappa shape index (κ3) is 11.6. The van der Waals surface area contributed by atoms with Gasteiger partial charge in [-0.1, -0.05) is 61.0 Å². The van der Waals surface area contributed by atoms with Crippen LogP contribution < -0.4 is 27.4 Å². The minimum Gasteiger partial charge on any atom is -0.508 e. The average Bonchev–Trinajstić information content (AvgIpc) is 3.02. The maximum Gasteiger partial charge on any atom is 0.326 e. The van der Waals surface area contributed by atoms with Crippen molar-refractivity contribution in [1.29, 1.82) is 0 Å². The van der Waals surface area contributed by atoms with Crippen molar-refractivity contribution in [2.75, 3.05) is 6.54 Å². The van der Waals surface area contributed by atoms with Crippen LogP contribution in [0.4, 0.5) is 0 Å². The fourth-order valence-electron chi connectivity index (χ4n) is 4.67. The Morgan fingerprint density at radius 2 is 1.02 bits per heavy atom. The van der Waals surface area contributed by atoms with Crippen molar-refractivity contribution in [3.8, 4) is 11.5 Å². The van der Waals surface area contributed by atoms with E-state index in [0.29, 0.717) is 36.9 Å². The second-order valence-corrected chi connectivity index (χ2v) is 10.8. The Bertz CT molecular complexity index is 1400. The second-order valence-electron chi connectivity index (χ2n) is 10.8. The maximum atomic E-state index is 13.7. The molecule has 3 aromatic rings. The number of hydrogen-bond donors (Lipinski definition) is 8. The number of carbonyl (C=O) groups excluding carboxylic acids is 3. The Balaban J connectivity index is 1.83. The molecule has 0 fully saturated rings. The van der Waals surface area contributed by atoms with Gasteiger partial charge in [-0.3, -0.25) is 14.4 Å². The number of carboxylic acids is 1. The lowest BCUT2D eigenvalue weighted by Gasteiger charge is -2.25. The summed E-state index contributed by atoms with van der Waals surface area (Å²) in [7, 11) is 0. The number of rotatable bonds is 17. The molecule has 0 aliphatic rings. The van der Waals surface area contributed by atoms with Crippen LogP contribution in [0.15, 0.2) is 78.9 Å². The third-order valence-electron chi connectivity index (χ3n) is 7.22. The number of nitrogens with one attached hydrogen (secondary N) is 3. The standard InChI is InChI=1S/C33H41N5O7/c34-17-5-4-8-26(35)30(41)36-27(18-21-6-2-1-3-7-21)31(42)37-28(19-22-9-13-24(39)14-10-22)32(43)38-29(33(44)45)20-23-11-15-25(40)16-12-23/h1-3,6-7,9-16,26-29,39-40H,4-5,8,17-20,34-35H2,(H,36,41)(H,37,42)(H,38,43)(H,44,45). The molecule has 0 radical (unpaired) electrons. The van der Waals surface area contributed by atoms with Crippen LogP contribution in [-0.2, 0) is 38.4 Å². The molecule has 240 valence electrons. The summed E-state index contributed by atoms with van der Waals surface area (Å²) in [5.74, 6) is -3.21. The van der Waals surface area contributed by atoms with Crippen LogP contribution in [0.25, 0.3) is 0 Å². The molecule has 0 aliphatic heterocycles. The minimum absolute atomic E-state index is 0.0112. The topological polar surface area (TPSA) is 217 Å². The van der Waals surface area contributed by atoms with E-state index in [-0.39, 0.29) is 30.8 Å². The van der Waals surface area contributed by atoms with Crippen LogP contribution in [0.1, 0.15) is 36.0 Å². The number of benzene rings is 3. The number of unbranched alkanes of at least 4 members (excludes halogenated alkanes) is 1. The molecule has 12 heteroatoms. The van der Waals surface area contributed by atoms with E-state index >= 15 is 0 Å². The van der Waals surface area contributed by atoms with Crippen molar-refractivity contribution in [3.05, 3.63) is 95.6 Å². The molecule has 3 aromatic carbocycles. The Labute approximate surface area is 261 Å². The molecule has 0 saturated heterocycles. The number of hydrogen-bond acceptors (Lipinski definition) is 8. The van der Waals surface area contributed by atoms with Gasteiger partial charge in [0, 0.05) is 19.3 Å². The minimum atomic E-state index is -1.34. The molecule has 10 N–H and O–H groups in total. The van der Waals surface area contributed by atoms with Crippen LogP contribution in [0.3, 0.4) is 0 Å². The zero-order chi connectivity index (χ0) is 32.8. The molecule has 3 amide bonds. The monoisotopic (exact) mass is 619 g/mol. The van der Waals surface area contributed by atoms with Crippen molar-refractivity contribution in [3.63, 3.8) is 0 Å². The predicted molar refractivity (Wildman–Crippen MR) is 168 cm³/mol. The summed E-state index contributed by atoms with van der Waals surface area (Å²) in [5.41, 5.74) is 13.5. The molecular formula is C33H41N5O7. The molecule has 4 unspecified atom stereocenters. The summed E-state index contributed by atoms with van der Waals surface area (Å²) < 4.78 is 0. The first-order chi connectivity index (χ1) is 21.5. The summed E-state index contributed by atoms with van der Waals surface area (Å²) >= 11 is 0. The number of nitrogens with two attached hydrogens (primary N) is 2. The van der Waals surface area contributed by atoms with Gasteiger partial charge in [0.05, 0.1) is 6.04 Å². The third-order valence-corrected chi connectivity index (χ3v) is 7.22. The fraction of sp³-hybridized carbons (Fsp3) is 0.333. The van der Waals surface area contributed by atoms with Gasteiger partial charge in [-0.25, -0.2) is 4.79 Å². The molecule has 4 atom stereocenters. The largest absolute Gasteiger partial charge is 0.508 e. The lowest BCUT2D eigenvalue weighted by molar-refractivity contribution is -0.142. The summed E-state index contributed by atoms with van der Waals surface area (Å²) in [5, 5.41) is 37.0. The highest BCUT2D eigenvalue weighted by atomic mass is 16.4. The summed E-state index contributed by atoms with van der Waals surface area (Å²) in [6.45, 7) is 0.468. The molecule has 0 spiro atoms. The molecule has 0 aliphatic carbocycles. The van der Waals surface area contributed by atoms with Crippen LogP contribution >= 0.6 is 0 Å². The van der Waals surface area contributed by atoms with Crippen molar-refractivity contribution >= 4 is 23.7 Å². The maximum absolute atomic E-state index is 13.7. The SMILES string of the molecule is NCCCCC(N)C(=O)NC(Cc1ccccc1)C(=O)NC(Cc1ccc(O)cc1)C(=O)NC(Cc1ccc(O)cc1)C(=O)O. The van der Waals surface area contributed by atoms with Gasteiger partial charge >= 0.3 is 5.97 Å². The van der Waals surface area contributed by atoms with E-state index in [2.05, 4.69) is 16.0 Å². The van der Waals surface area contributed by atoms with Crippen LogP contribution in [0, 0.1) is 0 Å². The van der Waals surface area contributed by atoms with E-state index in [4.69, 9.17) is 11.5 Å². The van der Waals surface area contributed by atoms with Crippen molar-refractivity contribution in [2.24, 2.45) is 11.5 Å². The van der Waals surface area contributed by atoms with Crippen molar-refractivity contribution in [2.45, 2.75) is 62.7 Å². The Kier molecular flexibility index (Phi) is 13.3. The lowest BCUT2D eigenvalue weighted by atomic mass is 10.0. The number of carboxylic acid groups (broad SMARTS) is 1. The van der Waals surface area contributed by atoms with Gasteiger partial charge in [0.1, 0.15) is 29.6 Å². The Hall–Kier alpha value is -4.94. The van der Waals surface area contributed by atoms with Gasteiger partial charge < -0.3 is 42.7 Å². The molecule has 0 bridgehead atoms.